The van der Waals surface area contributed by atoms with Crippen molar-refractivity contribution >= 4 is 5.71 Å². The standard InChI is InChI=1S/C11H23N/c1-7-11(9(4)5)12-10(6)8(2)3/h8-10H,7H2,1-6H3. The molecule has 0 aliphatic carbocycles. The van der Waals surface area contributed by atoms with Gasteiger partial charge in [0.2, 0.25) is 0 Å². The van der Waals surface area contributed by atoms with Crippen LogP contribution in [0.15, 0.2) is 4.99 Å². The lowest BCUT2D eigenvalue weighted by Gasteiger charge is -2.15. The molecule has 0 heterocycles. The summed E-state index contributed by atoms with van der Waals surface area (Å²) in [6.07, 6.45) is 1.09. The van der Waals surface area contributed by atoms with Gasteiger partial charge in [0, 0.05) is 11.8 Å². The second-order valence-corrected chi connectivity index (χ2v) is 4.11. The Hall–Kier alpha value is -0.330. The highest BCUT2D eigenvalue weighted by Gasteiger charge is 2.08. The van der Waals surface area contributed by atoms with Crippen molar-refractivity contribution in [2.24, 2.45) is 16.8 Å². The van der Waals surface area contributed by atoms with Crippen LogP contribution in [-0.2, 0) is 0 Å². The molecule has 72 valence electrons. The first-order valence-corrected chi connectivity index (χ1v) is 5.05. The van der Waals surface area contributed by atoms with Crippen LogP contribution in [0.5, 0.6) is 0 Å². The first-order chi connectivity index (χ1) is 5.49. The highest BCUT2D eigenvalue weighted by Crippen LogP contribution is 2.09. The van der Waals surface area contributed by atoms with E-state index >= 15 is 0 Å². The Morgan fingerprint density at radius 3 is 1.83 bits per heavy atom. The number of hydrogen-bond donors (Lipinski definition) is 0. The van der Waals surface area contributed by atoms with Gasteiger partial charge in [-0.25, -0.2) is 0 Å². The maximum absolute atomic E-state index is 4.71. The van der Waals surface area contributed by atoms with E-state index in [0.717, 1.165) is 6.42 Å². The molecule has 0 saturated carbocycles. The van der Waals surface area contributed by atoms with Gasteiger partial charge in [0.05, 0.1) is 0 Å². The maximum Gasteiger partial charge on any atom is 0.0493 e. The van der Waals surface area contributed by atoms with E-state index in [9.17, 15) is 0 Å². The summed E-state index contributed by atoms with van der Waals surface area (Å²) in [5, 5.41) is 0. The smallest absolute Gasteiger partial charge is 0.0493 e. The summed E-state index contributed by atoms with van der Waals surface area (Å²) in [5.41, 5.74) is 1.36. The van der Waals surface area contributed by atoms with E-state index in [1.54, 1.807) is 0 Å². The minimum atomic E-state index is 0.474. The molecule has 0 aromatic rings. The summed E-state index contributed by atoms with van der Waals surface area (Å²) in [4.78, 5) is 4.71. The topological polar surface area (TPSA) is 12.4 Å². The van der Waals surface area contributed by atoms with Gasteiger partial charge in [-0.2, -0.15) is 0 Å². The zero-order valence-electron chi connectivity index (χ0n) is 9.39. The van der Waals surface area contributed by atoms with Crippen molar-refractivity contribution in [3.05, 3.63) is 0 Å². The number of nitrogens with zero attached hydrogens (tertiary/aromatic N) is 1. The first kappa shape index (κ1) is 11.7. The van der Waals surface area contributed by atoms with Crippen LogP contribution in [0.1, 0.15) is 48.0 Å². The fraction of sp³-hybridized carbons (Fsp3) is 0.909. The number of rotatable bonds is 4. The van der Waals surface area contributed by atoms with Crippen LogP contribution in [0.25, 0.3) is 0 Å². The Morgan fingerprint density at radius 1 is 1.08 bits per heavy atom. The average Bonchev–Trinajstić information content (AvgIpc) is 1.98. The van der Waals surface area contributed by atoms with Crippen molar-refractivity contribution in [1.82, 2.24) is 0 Å². The normalized spacial score (nSPS) is 15.8. The molecular weight excluding hydrogens is 146 g/mol. The van der Waals surface area contributed by atoms with Gasteiger partial charge in [-0.05, 0) is 25.2 Å². The van der Waals surface area contributed by atoms with Gasteiger partial charge < -0.3 is 0 Å². The minimum absolute atomic E-state index is 0.474. The predicted molar refractivity (Wildman–Crippen MR) is 56.9 cm³/mol. The molecule has 0 radical (unpaired) electrons. The van der Waals surface area contributed by atoms with E-state index in [0.29, 0.717) is 17.9 Å². The van der Waals surface area contributed by atoms with Crippen molar-refractivity contribution in [2.75, 3.05) is 0 Å². The fourth-order valence-corrected chi connectivity index (χ4v) is 1.06. The molecule has 0 rings (SSSR count). The lowest BCUT2D eigenvalue weighted by Crippen LogP contribution is -2.14. The molecule has 0 aliphatic heterocycles. The molecule has 0 fully saturated rings. The van der Waals surface area contributed by atoms with Crippen molar-refractivity contribution in [2.45, 2.75) is 54.0 Å². The molecule has 0 spiro atoms. The van der Waals surface area contributed by atoms with E-state index in [-0.39, 0.29) is 0 Å². The van der Waals surface area contributed by atoms with Gasteiger partial charge in [-0.1, -0.05) is 34.6 Å². The molecule has 0 aliphatic rings. The second kappa shape index (κ2) is 5.34. The van der Waals surface area contributed by atoms with Crippen LogP contribution >= 0.6 is 0 Å². The van der Waals surface area contributed by atoms with Crippen LogP contribution in [0.4, 0.5) is 0 Å². The lowest BCUT2D eigenvalue weighted by atomic mass is 10.0. The molecule has 0 saturated heterocycles. The Bertz CT molecular complexity index is 145. The minimum Gasteiger partial charge on any atom is -0.291 e. The van der Waals surface area contributed by atoms with Crippen molar-refractivity contribution in [1.29, 1.82) is 0 Å². The van der Waals surface area contributed by atoms with E-state index in [2.05, 4.69) is 41.5 Å². The van der Waals surface area contributed by atoms with Crippen molar-refractivity contribution < 1.29 is 0 Å². The van der Waals surface area contributed by atoms with Crippen molar-refractivity contribution in [3.63, 3.8) is 0 Å². The third-order valence-electron chi connectivity index (χ3n) is 2.36. The molecule has 0 aromatic carbocycles. The Morgan fingerprint density at radius 2 is 1.58 bits per heavy atom. The monoisotopic (exact) mass is 169 g/mol. The van der Waals surface area contributed by atoms with Crippen LogP contribution in [0.2, 0.25) is 0 Å². The third kappa shape index (κ3) is 3.89. The van der Waals surface area contributed by atoms with Crippen LogP contribution in [-0.4, -0.2) is 11.8 Å². The van der Waals surface area contributed by atoms with Crippen LogP contribution < -0.4 is 0 Å². The zero-order chi connectivity index (χ0) is 9.72. The van der Waals surface area contributed by atoms with Crippen LogP contribution in [0.3, 0.4) is 0 Å². The van der Waals surface area contributed by atoms with Crippen LogP contribution in [0, 0.1) is 11.8 Å². The summed E-state index contributed by atoms with van der Waals surface area (Å²) in [7, 11) is 0. The number of hydrogen-bond acceptors (Lipinski definition) is 1. The molecule has 1 atom stereocenters. The van der Waals surface area contributed by atoms with E-state index in [4.69, 9.17) is 4.99 Å². The SMILES string of the molecule is CCC(=NC(C)C(C)C)C(C)C. The Labute approximate surface area is 77.3 Å². The molecular formula is C11H23N. The predicted octanol–water partition coefficient (Wildman–Crippen LogP) is 3.54. The molecule has 0 bridgehead atoms. The van der Waals surface area contributed by atoms with Gasteiger partial charge in [0.1, 0.15) is 0 Å². The molecule has 1 nitrogen and oxygen atoms in total. The summed E-state index contributed by atoms with van der Waals surface area (Å²) in [6, 6.07) is 0.474. The highest BCUT2D eigenvalue weighted by atomic mass is 14.8. The average molecular weight is 169 g/mol. The summed E-state index contributed by atoms with van der Waals surface area (Å²) in [6.45, 7) is 13.3. The van der Waals surface area contributed by atoms with Gasteiger partial charge in [0.25, 0.3) is 0 Å². The third-order valence-corrected chi connectivity index (χ3v) is 2.36. The van der Waals surface area contributed by atoms with Gasteiger partial charge >= 0.3 is 0 Å². The molecule has 0 amide bonds. The molecule has 0 N–H and O–H groups in total. The highest BCUT2D eigenvalue weighted by molar-refractivity contribution is 5.86. The summed E-state index contributed by atoms with van der Waals surface area (Å²) < 4.78 is 0. The van der Waals surface area contributed by atoms with E-state index < -0.39 is 0 Å². The largest absolute Gasteiger partial charge is 0.291 e. The van der Waals surface area contributed by atoms with Gasteiger partial charge in [-0.15, -0.1) is 0 Å². The zero-order valence-corrected chi connectivity index (χ0v) is 9.39. The van der Waals surface area contributed by atoms with Gasteiger partial charge in [0.15, 0.2) is 0 Å². The van der Waals surface area contributed by atoms with E-state index in [1.165, 1.54) is 5.71 Å². The fourth-order valence-electron chi connectivity index (χ4n) is 1.06. The summed E-state index contributed by atoms with van der Waals surface area (Å²) >= 11 is 0. The molecule has 1 heteroatoms. The number of aliphatic imine (C=N–C) groups is 1. The lowest BCUT2D eigenvalue weighted by molar-refractivity contribution is 0.527. The molecule has 0 aromatic heterocycles. The molecule has 1 unspecified atom stereocenters. The van der Waals surface area contributed by atoms with E-state index in [1.807, 2.05) is 0 Å². The molecule has 12 heavy (non-hydrogen) atoms. The second-order valence-electron chi connectivity index (χ2n) is 4.11. The summed E-state index contributed by atoms with van der Waals surface area (Å²) in [5.74, 6) is 1.27. The Kier molecular flexibility index (Phi) is 5.19. The van der Waals surface area contributed by atoms with Crippen molar-refractivity contribution in [3.8, 4) is 0 Å². The quantitative estimate of drug-likeness (QED) is 0.571. The van der Waals surface area contributed by atoms with Gasteiger partial charge in [-0.3, -0.25) is 4.99 Å². The Balaban J connectivity index is 4.27. The first-order valence-electron chi connectivity index (χ1n) is 5.05. The maximum atomic E-state index is 4.71.